The van der Waals surface area contributed by atoms with E-state index in [-0.39, 0.29) is 35.1 Å². The van der Waals surface area contributed by atoms with Gasteiger partial charge in [0, 0.05) is 18.4 Å². The lowest BCUT2D eigenvalue weighted by atomic mass is 9.73. The second-order valence-corrected chi connectivity index (χ2v) is 9.04. The van der Waals surface area contributed by atoms with Crippen LogP contribution in [-0.4, -0.2) is 44.3 Å². The summed E-state index contributed by atoms with van der Waals surface area (Å²) in [6, 6.07) is 3.57. The molecule has 0 unspecified atom stereocenters. The van der Waals surface area contributed by atoms with Crippen LogP contribution in [0.1, 0.15) is 87.7 Å². The Bertz CT molecular complexity index is 793. The van der Waals surface area contributed by atoms with Crippen LogP contribution in [0.25, 0.3) is 0 Å². The second-order valence-electron chi connectivity index (χ2n) is 9.04. The molecule has 0 saturated heterocycles. The van der Waals surface area contributed by atoms with Crippen molar-refractivity contribution in [2.45, 2.75) is 77.0 Å². The molecule has 1 aromatic rings. The predicted molar refractivity (Wildman–Crippen MR) is 117 cm³/mol. The molecule has 1 aromatic carbocycles. The summed E-state index contributed by atoms with van der Waals surface area (Å²) < 4.78 is 14.3. The number of esters is 3. The topological polar surface area (TPSA) is 99.1 Å². The SMILES string of the molecule is COC(=O)CCCC(C)(C)c1cc(C(=O)OC)c(O)c(C(C)(C)CCCC(=O)OC)c1. The van der Waals surface area contributed by atoms with Crippen LogP contribution >= 0.6 is 0 Å². The van der Waals surface area contributed by atoms with Crippen LogP contribution in [0.3, 0.4) is 0 Å². The van der Waals surface area contributed by atoms with Gasteiger partial charge in [-0.25, -0.2) is 4.79 Å². The summed E-state index contributed by atoms with van der Waals surface area (Å²) in [6.45, 7) is 8.00. The zero-order valence-corrected chi connectivity index (χ0v) is 19.8. The van der Waals surface area contributed by atoms with Gasteiger partial charge in [0.1, 0.15) is 11.3 Å². The van der Waals surface area contributed by atoms with Crippen LogP contribution in [-0.2, 0) is 34.6 Å². The molecule has 7 heteroatoms. The number of aromatic hydroxyl groups is 1. The minimum absolute atomic E-state index is 0.107. The van der Waals surface area contributed by atoms with Crippen molar-refractivity contribution in [1.29, 1.82) is 0 Å². The summed E-state index contributed by atoms with van der Waals surface area (Å²) in [4.78, 5) is 35.3. The quantitative estimate of drug-likeness (QED) is 0.405. The van der Waals surface area contributed by atoms with Gasteiger partial charge in [0.2, 0.25) is 0 Å². The molecule has 0 fully saturated rings. The lowest BCUT2D eigenvalue weighted by Crippen LogP contribution is -2.23. The van der Waals surface area contributed by atoms with Crippen molar-refractivity contribution in [3.8, 4) is 5.75 Å². The summed E-state index contributed by atoms with van der Waals surface area (Å²) in [5.74, 6) is -1.26. The Balaban J connectivity index is 3.30. The summed E-state index contributed by atoms with van der Waals surface area (Å²) in [6.07, 6.45) is 3.11. The normalized spacial score (nSPS) is 11.7. The smallest absolute Gasteiger partial charge is 0.341 e. The summed E-state index contributed by atoms with van der Waals surface area (Å²) >= 11 is 0. The fraction of sp³-hybridized carbons (Fsp3) is 0.625. The van der Waals surface area contributed by atoms with Crippen LogP contribution < -0.4 is 0 Å². The summed E-state index contributed by atoms with van der Waals surface area (Å²) in [7, 11) is 4.00. The molecule has 0 aromatic heterocycles. The maximum atomic E-state index is 12.4. The summed E-state index contributed by atoms with van der Waals surface area (Å²) in [5, 5.41) is 10.9. The molecule has 0 bridgehead atoms. The van der Waals surface area contributed by atoms with E-state index in [1.807, 2.05) is 33.8 Å². The van der Waals surface area contributed by atoms with Crippen molar-refractivity contribution in [3.05, 3.63) is 28.8 Å². The van der Waals surface area contributed by atoms with Crippen molar-refractivity contribution in [3.63, 3.8) is 0 Å². The van der Waals surface area contributed by atoms with E-state index in [0.717, 1.165) is 5.56 Å². The number of rotatable bonds is 11. The molecule has 0 aliphatic carbocycles. The highest BCUT2D eigenvalue weighted by Gasteiger charge is 2.31. The van der Waals surface area contributed by atoms with Crippen molar-refractivity contribution in [2.24, 2.45) is 0 Å². The lowest BCUT2D eigenvalue weighted by Gasteiger charge is -2.31. The Kier molecular flexibility index (Phi) is 9.53. The van der Waals surface area contributed by atoms with Crippen LogP contribution in [0.2, 0.25) is 0 Å². The Morgan fingerprint density at radius 3 is 1.74 bits per heavy atom. The van der Waals surface area contributed by atoms with Crippen molar-refractivity contribution in [1.82, 2.24) is 0 Å². The van der Waals surface area contributed by atoms with E-state index >= 15 is 0 Å². The molecule has 1 rings (SSSR count). The number of benzene rings is 1. The molecular weight excluding hydrogens is 400 g/mol. The largest absolute Gasteiger partial charge is 0.507 e. The number of ether oxygens (including phenoxy) is 3. The monoisotopic (exact) mass is 436 g/mol. The van der Waals surface area contributed by atoms with Gasteiger partial charge < -0.3 is 19.3 Å². The Labute approximate surface area is 185 Å². The zero-order valence-electron chi connectivity index (χ0n) is 19.8. The summed E-state index contributed by atoms with van der Waals surface area (Å²) in [5.41, 5.74) is 0.736. The molecule has 1 N–H and O–H groups in total. The van der Waals surface area contributed by atoms with Gasteiger partial charge in [-0.05, 0) is 48.1 Å². The first-order chi connectivity index (χ1) is 14.4. The third kappa shape index (κ3) is 7.26. The fourth-order valence-electron chi connectivity index (χ4n) is 3.64. The number of phenolic OH excluding ortho intramolecular Hbond substituents is 1. The number of carbonyl (C=O) groups excluding carboxylic acids is 3. The van der Waals surface area contributed by atoms with Gasteiger partial charge >= 0.3 is 17.9 Å². The molecule has 0 heterocycles. The highest BCUT2D eigenvalue weighted by Crippen LogP contribution is 2.41. The van der Waals surface area contributed by atoms with E-state index < -0.39 is 11.4 Å². The average molecular weight is 437 g/mol. The molecule has 0 spiro atoms. The van der Waals surface area contributed by atoms with Gasteiger partial charge in [0.05, 0.1) is 21.3 Å². The maximum absolute atomic E-state index is 12.4. The van der Waals surface area contributed by atoms with Gasteiger partial charge in [-0.2, -0.15) is 0 Å². The number of hydrogen-bond acceptors (Lipinski definition) is 7. The van der Waals surface area contributed by atoms with Gasteiger partial charge in [0.15, 0.2) is 0 Å². The maximum Gasteiger partial charge on any atom is 0.341 e. The van der Waals surface area contributed by atoms with Crippen molar-refractivity contribution < 1.29 is 33.7 Å². The van der Waals surface area contributed by atoms with Gasteiger partial charge in [-0.1, -0.05) is 33.8 Å². The van der Waals surface area contributed by atoms with E-state index in [2.05, 4.69) is 0 Å². The molecule has 0 amide bonds. The Morgan fingerprint density at radius 1 is 0.806 bits per heavy atom. The van der Waals surface area contributed by atoms with E-state index in [1.54, 1.807) is 6.07 Å². The first-order valence-corrected chi connectivity index (χ1v) is 10.5. The van der Waals surface area contributed by atoms with Crippen LogP contribution in [0.4, 0.5) is 0 Å². The number of phenols is 1. The first-order valence-electron chi connectivity index (χ1n) is 10.5. The third-order valence-electron chi connectivity index (χ3n) is 5.85. The zero-order chi connectivity index (χ0) is 23.8. The van der Waals surface area contributed by atoms with Gasteiger partial charge in [0.25, 0.3) is 0 Å². The van der Waals surface area contributed by atoms with E-state index in [9.17, 15) is 19.5 Å². The van der Waals surface area contributed by atoms with Crippen molar-refractivity contribution in [2.75, 3.05) is 21.3 Å². The Morgan fingerprint density at radius 2 is 1.29 bits per heavy atom. The van der Waals surface area contributed by atoms with Crippen LogP contribution in [0, 0.1) is 0 Å². The molecular formula is C24H36O7. The molecule has 174 valence electrons. The highest BCUT2D eigenvalue weighted by molar-refractivity contribution is 5.93. The van der Waals surface area contributed by atoms with E-state index in [0.29, 0.717) is 37.7 Å². The molecule has 0 radical (unpaired) electrons. The molecule has 0 saturated carbocycles. The number of carbonyl (C=O) groups is 3. The lowest BCUT2D eigenvalue weighted by molar-refractivity contribution is -0.141. The minimum atomic E-state index is -0.615. The Hall–Kier alpha value is -2.57. The first kappa shape index (κ1) is 26.5. The second kappa shape index (κ2) is 11.2. The fourth-order valence-corrected chi connectivity index (χ4v) is 3.64. The molecule has 0 aliphatic rings. The molecule has 0 atom stereocenters. The van der Waals surface area contributed by atoms with Crippen molar-refractivity contribution >= 4 is 17.9 Å². The molecule has 7 nitrogen and oxygen atoms in total. The van der Waals surface area contributed by atoms with Crippen LogP contribution in [0.15, 0.2) is 12.1 Å². The highest BCUT2D eigenvalue weighted by atomic mass is 16.5. The standard InChI is InChI=1S/C24H36O7/c1-23(2,12-8-10-19(25)29-5)16-14-17(22(28)31-7)21(27)18(15-16)24(3,4)13-9-11-20(26)30-6/h14-15,27H,8-13H2,1-7H3. The average Bonchev–Trinajstić information content (AvgIpc) is 2.72. The molecule has 31 heavy (non-hydrogen) atoms. The van der Waals surface area contributed by atoms with E-state index in [1.165, 1.54) is 21.3 Å². The van der Waals surface area contributed by atoms with E-state index in [4.69, 9.17) is 14.2 Å². The van der Waals surface area contributed by atoms with Gasteiger partial charge in [-0.3, -0.25) is 9.59 Å². The predicted octanol–water partition coefficient (Wildman–Crippen LogP) is 4.42. The minimum Gasteiger partial charge on any atom is -0.507 e. The van der Waals surface area contributed by atoms with Crippen LogP contribution in [0.5, 0.6) is 5.75 Å². The number of hydrogen-bond donors (Lipinski definition) is 1. The third-order valence-corrected chi connectivity index (χ3v) is 5.85. The molecule has 0 aliphatic heterocycles. The van der Waals surface area contributed by atoms with Gasteiger partial charge in [-0.15, -0.1) is 0 Å². The number of methoxy groups -OCH3 is 3.